The van der Waals surface area contributed by atoms with Crippen LogP contribution in [0.5, 0.6) is 17.2 Å². The lowest BCUT2D eigenvalue weighted by Crippen LogP contribution is -2.43. The minimum absolute atomic E-state index is 0.00304. The molecule has 0 saturated heterocycles. The first-order valence-electron chi connectivity index (χ1n) is 13.2. The molecular weight excluding hydrogens is 604 g/mol. The lowest BCUT2D eigenvalue weighted by atomic mass is 9.89. The summed E-state index contributed by atoms with van der Waals surface area (Å²) in [7, 11) is 1.39. The molecule has 2 aromatic carbocycles. The van der Waals surface area contributed by atoms with Crippen molar-refractivity contribution in [2.24, 2.45) is 17.5 Å². The third-order valence-electron chi connectivity index (χ3n) is 7.21. The number of aliphatic hydroxyl groups is 1. The molecule has 0 amide bonds. The van der Waals surface area contributed by atoms with Gasteiger partial charge in [-0.1, -0.05) is 18.2 Å². The molecule has 44 heavy (non-hydrogen) atoms. The number of aromatic nitrogens is 2. The van der Waals surface area contributed by atoms with Gasteiger partial charge in [-0.25, -0.2) is 4.79 Å². The van der Waals surface area contributed by atoms with E-state index >= 15 is 0 Å². The number of hydrogen-bond donors (Lipinski definition) is 1. The van der Waals surface area contributed by atoms with Crippen molar-refractivity contribution in [1.82, 2.24) is 9.13 Å². The van der Waals surface area contributed by atoms with Crippen LogP contribution >= 0.6 is 0 Å². The Kier molecular flexibility index (Phi) is 8.24. The van der Waals surface area contributed by atoms with Crippen LogP contribution in [-0.4, -0.2) is 52.7 Å². The summed E-state index contributed by atoms with van der Waals surface area (Å²) in [6.07, 6.45) is -9.64. The van der Waals surface area contributed by atoms with Gasteiger partial charge in [-0.2, -0.15) is 4.99 Å². The van der Waals surface area contributed by atoms with Gasteiger partial charge in [0.25, 0.3) is 5.56 Å². The molecule has 236 valence electrons. The van der Waals surface area contributed by atoms with E-state index in [0.29, 0.717) is 5.56 Å². The van der Waals surface area contributed by atoms with E-state index in [1.165, 1.54) is 31.3 Å². The van der Waals surface area contributed by atoms with E-state index in [9.17, 15) is 35.9 Å². The molecule has 16 heteroatoms. The normalized spacial score (nSPS) is 19.1. The van der Waals surface area contributed by atoms with Crippen molar-refractivity contribution in [2.45, 2.75) is 38.0 Å². The number of alkyl halides is 6. The molecule has 1 saturated carbocycles. The number of benzene rings is 2. The predicted octanol–water partition coefficient (Wildman–Crippen LogP) is 4.19. The molecule has 2 unspecified atom stereocenters. The molecule has 1 aliphatic heterocycles. The van der Waals surface area contributed by atoms with E-state index in [1.807, 2.05) is 0 Å². The molecule has 3 aromatic rings. The third kappa shape index (κ3) is 6.60. The fraction of sp³-hybridized carbons (Fsp3) is 0.393. The zero-order valence-corrected chi connectivity index (χ0v) is 22.9. The van der Waals surface area contributed by atoms with Gasteiger partial charge in [0.2, 0.25) is 5.90 Å². The second-order valence-corrected chi connectivity index (χ2v) is 10.2. The first-order valence-corrected chi connectivity index (χ1v) is 13.2. The van der Waals surface area contributed by atoms with E-state index in [4.69, 9.17) is 14.6 Å². The lowest BCUT2D eigenvalue weighted by Gasteiger charge is -2.26. The minimum Gasteiger partial charge on any atom is -0.442 e. The number of nitrogens with zero attached hydrogens (tertiary/aromatic N) is 3. The molecule has 1 aliphatic carbocycles. The second-order valence-electron chi connectivity index (χ2n) is 10.2. The van der Waals surface area contributed by atoms with Crippen LogP contribution in [0.1, 0.15) is 23.5 Å². The van der Waals surface area contributed by atoms with Crippen LogP contribution in [0.3, 0.4) is 0 Å². The highest BCUT2D eigenvalue weighted by atomic mass is 19.4. The molecule has 2 aliphatic rings. The van der Waals surface area contributed by atoms with Crippen molar-refractivity contribution in [2.75, 3.05) is 19.8 Å². The predicted molar refractivity (Wildman–Crippen MR) is 141 cm³/mol. The standard InChI is InChI=1S/C28H25F6N3O7/c1-36-22-21(23(39)37(25(36)40)8-10-41-11-9-38)20-15-26(20,14-16-4-2-6-18(12-16)43-27(29,30)31)24(35-22)42-17-5-3-7-19(13-17)44-28(32,33)34/h2-7,12-13,20,38H,8-11,14-15H2,1H3. The molecule has 5 rings (SSSR count). The Morgan fingerprint density at radius 3 is 2.25 bits per heavy atom. The number of hydrogen-bond acceptors (Lipinski definition) is 8. The summed E-state index contributed by atoms with van der Waals surface area (Å²) in [6, 6.07) is 9.88. The summed E-state index contributed by atoms with van der Waals surface area (Å²) in [5.41, 5.74) is -1.88. The Bertz CT molecular complexity index is 1700. The summed E-state index contributed by atoms with van der Waals surface area (Å²) in [6.45, 7) is -0.401. The SMILES string of the molecule is Cn1c2c(c(=O)n(CCOCCO)c1=O)C1CC1(Cc1cccc(OC(F)(F)F)c1)C(Oc1cccc(OC(F)(F)F)c1)=N2. The quantitative estimate of drug-likeness (QED) is 0.264. The number of ether oxygens (including phenoxy) is 4. The maximum absolute atomic E-state index is 13.6. The molecule has 1 fully saturated rings. The minimum atomic E-state index is -4.96. The van der Waals surface area contributed by atoms with Gasteiger partial charge >= 0.3 is 18.4 Å². The highest BCUT2D eigenvalue weighted by Gasteiger charge is 2.64. The molecular formula is C28H25F6N3O7. The maximum Gasteiger partial charge on any atom is 0.573 e. The van der Waals surface area contributed by atoms with Crippen LogP contribution in [0.25, 0.3) is 0 Å². The van der Waals surface area contributed by atoms with E-state index in [1.54, 1.807) is 6.07 Å². The number of halogens is 6. The highest BCUT2D eigenvalue weighted by Crippen LogP contribution is 2.65. The number of rotatable bonds is 10. The highest BCUT2D eigenvalue weighted by molar-refractivity contribution is 5.94. The number of fused-ring (bicyclic) bond motifs is 3. The molecule has 1 N–H and O–H groups in total. The van der Waals surface area contributed by atoms with Crippen LogP contribution in [0.4, 0.5) is 32.2 Å². The molecule has 0 bridgehead atoms. The summed E-state index contributed by atoms with van der Waals surface area (Å²) in [5, 5.41) is 8.93. The van der Waals surface area contributed by atoms with Gasteiger partial charge < -0.3 is 24.1 Å². The van der Waals surface area contributed by atoms with Crippen molar-refractivity contribution < 1.29 is 50.4 Å². The van der Waals surface area contributed by atoms with E-state index in [2.05, 4.69) is 14.5 Å². The van der Waals surface area contributed by atoms with Crippen LogP contribution in [0, 0.1) is 5.41 Å². The van der Waals surface area contributed by atoms with Gasteiger partial charge in [0.15, 0.2) is 0 Å². The molecule has 10 nitrogen and oxygen atoms in total. The van der Waals surface area contributed by atoms with E-state index < -0.39 is 46.8 Å². The topological polar surface area (TPSA) is 114 Å². The van der Waals surface area contributed by atoms with Gasteiger partial charge in [-0.15, -0.1) is 26.3 Å². The first kappa shape index (κ1) is 31.1. The van der Waals surface area contributed by atoms with Crippen LogP contribution in [0.15, 0.2) is 63.1 Å². The summed E-state index contributed by atoms with van der Waals surface area (Å²) >= 11 is 0. The van der Waals surface area contributed by atoms with Gasteiger partial charge in [-0.3, -0.25) is 13.9 Å². The third-order valence-corrected chi connectivity index (χ3v) is 7.21. The maximum atomic E-state index is 13.6. The molecule has 2 heterocycles. The van der Waals surface area contributed by atoms with Crippen molar-refractivity contribution in [1.29, 1.82) is 0 Å². The molecule has 1 aromatic heterocycles. The summed E-state index contributed by atoms with van der Waals surface area (Å²) in [4.78, 5) is 31.2. The zero-order valence-electron chi connectivity index (χ0n) is 22.9. The first-order chi connectivity index (χ1) is 20.7. The van der Waals surface area contributed by atoms with Crippen molar-refractivity contribution in [3.05, 3.63) is 80.5 Å². The molecule has 0 radical (unpaired) electrons. The number of aliphatic hydroxyl groups excluding tert-OH is 1. The average Bonchev–Trinajstić information content (AvgIpc) is 3.65. The average molecular weight is 630 g/mol. The Hall–Kier alpha value is -4.31. The zero-order chi connectivity index (χ0) is 31.9. The van der Waals surface area contributed by atoms with Crippen molar-refractivity contribution in [3.8, 4) is 17.2 Å². The van der Waals surface area contributed by atoms with Gasteiger partial charge in [-0.05, 0) is 42.7 Å². The fourth-order valence-electron chi connectivity index (χ4n) is 5.33. The van der Waals surface area contributed by atoms with E-state index in [0.717, 1.165) is 27.3 Å². The Morgan fingerprint density at radius 1 is 0.955 bits per heavy atom. The Balaban J connectivity index is 1.56. The number of aliphatic imine (C=N–C) groups is 1. The molecule has 2 atom stereocenters. The monoisotopic (exact) mass is 629 g/mol. The fourth-order valence-corrected chi connectivity index (χ4v) is 5.33. The van der Waals surface area contributed by atoms with Crippen LogP contribution < -0.4 is 25.5 Å². The van der Waals surface area contributed by atoms with Crippen LogP contribution in [0.2, 0.25) is 0 Å². The largest absolute Gasteiger partial charge is 0.573 e. The van der Waals surface area contributed by atoms with Crippen molar-refractivity contribution >= 4 is 11.7 Å². The second kappa shape index (κ2) is 11.6. The van der Waals surface area contributed by atoms with Gasteiger partial charge in [0, 0.05) is 19.0 Å². The lowest BCUT2D eigenvalue weighted by molar-refractivity contribution is -0.275. The Morgan fingerprint density at radius 2 is 1.59 bits per heavy atom. The van der Waals surface area contributed by atoms with Crippen molar-refractivity contribution in [3.63, 3.8) is 0 Å². The van der Waals surface area contributed by atoms with Gasteiger partial charge in [0.1, 0.15) is 23.1 Å². The van der Waals surface area contributed by atoms with Crippen LogP contribution in [-0.2, 0) is 24.8 Å². The Labute approximate surface area is 244 Å². The smallest absolute Gasteiger partial charge is 0.442 e. The molecule has 0 spiro atoms. The van der Waals surface area contributed by atoms with Gasteiger partial charge in [0.05, 0.1) is 37.3 Å². The summed E-state index contributed by atoms with van der Waals surface area (Å²) < 4.78 is 98.4. The van der Waals surface area contributed by atoms with E-state index in [-0.39, 0.29) is 62.2 Å². The summed E-state index contributed by atoms with van der Waals surface area (Å²) in [5.74, 6) is -1.78.